The number of halogens is 1. The Morgan fingerprint density at radius 2 is 1.80 bits per heavy atom. The monoisotopic (exact) mass is 296 g/mol. The van der Waals surface area contributed by atoms with Gasteiger partial charge in [-0.3, -0.25) is 11.3 Å². The Balaban J connectivity index is 2.16. The topological polar surface area (TPSA) is 38.0 Å². The molecule has 0 amide bonds. The van der Waals surface area contributed by atoms with Crippen LogP contribution in [0.3, 0.4) is 0 Å². The van der Waals surface area contributed by atoms with Gasteiger partial charge in [-0.05, 0) is 30.5 Å². The molecule has 0 aromatic heterocycles. The van der Waals surface area contributed by atoms with E-state index in [2.05, 4.69) is 18.4 Å². The van der Waals surface area contributed by atoms with Crippen molar-refractivity contribution in [2.75, 3.05) is 0 Å². The molecule has 20 heavy (non-hydrogen) atoms. The summed E-state index contributed by atoms with van der Waals surface area (Å²) in [7, 11) is 0. The molecule has 1 aromatic rings. The summed E-state index contributed by atoms with van der Waals surface area (Å²) in [5, 5.41) is 0.800. The summed E-state index contributed by atoms with van der Waals surface area (Å²) < 4.78 is 0. The zero-order valence-corrected chi connectivity index (χ0v) is 13.5. The van der Waals surface area contributed by atoms with Gasteiger partial charge in [0.05, 0.1) is 0 Å². The van der Waals surface area contributed by atoms with E-state index in [1.165, 1.54) is 50.5 Å². The molecule has 1 aromatic carbocycles. The van der Waals surface area contributed by atoms with Crippen LogP contribution in [0.25, 0.3) is 0 Å². The summed E-state index contributed by atoms with van der Waals surface area (Å²) in [6, 6.07) is 8.40. The highest BCUT2D eigenvalue weighted by Crippen LogP contribution is 2.15. The van der Waals surface area contributed by atoms with E-state index in [0.29, 0.717) is 6.04 Å². The molecule has 2 nitrogen and oxygen atoms in total. The molecule has 0 heterocycles. The zero-order valence-electron chi connectivity index (χ0n) is 12.7. The minimum atomic E-state index is 0.351. The first-order chi connectivity index (χ1) is 9.76. The average molecular weight is 297 g/mol. The number of benzene rings is 1. The van der Waals surface area contributed by atoms with Crippen LogP contribution in [0.15, 0.2) is 24.3 Å². The molecule has 0 spiro atoms. The molecule has 3 heteroatoms. The van der Waals surface area contributed by atoms with Crippen molar-refractivity contribution in [2.45, 2.75) is 70.8 Å². The molecule has 0 saturated carbocycles. The highest BCUT2D eigenvalue weighted by atomic mass is 35.5. The fourth-order valence-electron chi connectivity index (χ4n) is 2.54. The maximum atomic E-state index is 6.01. The Bertz CT molecular complexity index is 355. The van der Waals surface area contributed by atoms with Gasteiger partial charge in [-0.15, -0.1) is 0 Å². The first-order valence-electron chi connectivity index (χ1n) is 7.96. The summed E-state index contributed by atoms with van der Waals surface area (Å²) in [5.41, 5.74) is 4.19. The number of unbranched alkanes of at least 4 members (excludes halogenated alkanes) is 6. The van der Waals surface area contributed by atoms with E-state index >= 15 is 0 Å². The van der Waals surface area contributed by atoms with Gasteiger partial charge in [-0.2, -0.15) is 0 Å². The van der Waals surface area contributed by atoms with Gasteiger partial charge in [0, 0.05) is 11.1 Å². The summed E-state index contributed by atoms with van der Waals surface area (Å²) in [4.78, 5) is 0. The Kier molecular flexibility index (Phi) is 9.73. The van der Waals surface area contributed by atoms with Crippen LogP contribution < -0.4 is 11.3 Å². The van der Waals surface area contributed by atoms with Crippen molar-refractivity contribution >= 4 is 11.6 Å². The molecule has 0 fully saturated rings. The van der Waals surface area contributed by atoms with Crippen molar-refractivity contribution in [3.05, 3.63) is 34.9 Å². The molecular formula is C17H29ClN2. The summed E-state index contributed by atoms with van der Waals surface area (Å²) in [6.45, 7) is 2.26. The lowest BCUT2D eigenvalue weighted by atomic mass is 10.00. The van der Waals surface area contributed by atoms with E-state index in [-0.39, 0.29) is 0 Å². The van der Waals surface area contributed by atoms with E-state index in [4.69, 9.17) is 17.4 Å². The van der Waals surface area contributed by atoms with Gasteiger partial charge in [0.15, 0.2) is 0 Å². The number of hydrogen-bond acceptors (Lipinski definition) is 2. The highest BCUT2D eigenvalue weighted by Gasteiger charge is 2.07. The average Bonchev–Trinajstić information content (AvgIpc) is 2.45. The van der Waals surface area contributed by atoms with E-state index in [1.807, 2.05) is 18.2 Å². The third kappa shape index (κ3) is 7.88. The number of hydrazine groups is 1. The first kappa shape index (κ1) is 17.5. The van der Waals surface area contributed by atoms with Gasteiger partial charge >= 0.3 is 0 Å². The fraction of sp³-hybridized carbons (Fsp3) is 0.647. The number of nitrogens with one attached hydrogen (secondary N) is 1. The van der Waals surface area contributed by atoms with Gasteiger partial charge in [-0.1, -0.05) is 75.6 Å². The molecule has 0 radical (unpaired) electrons. The Morgan fingerprint density at radius 1 is 1.10 bits per heavy atom. The molecule has 0 aliphatic heterocycles. The second-order valence-corrected chi connectivity index (χ2v) is 6.04. The number of hydrogen-bond donors (Lipinski definition) is 2. The van der Waals surface area contributed by atoms with Crippen molar-refractivity contribution in [3.8, 4) is 0 Å². The molecular weight excluding hydrogens is 268 g/mol. The van der Waals surface area contributed by atoms with Crippen LogP contribution >= 0.6 is 11.6 Å². The number of nitrogens with two attached hydrogens (primary N) is 1. The van der Waals surface area contributed by atoms with Gasteiger partial charge in [0.25, 0.3) is 0 Å². The van der Waals surface area contributed by atoms with Crippen molar-refractivity contribution in [1.29, 1.82) is 0 Å². The molecule has 1 atom stereocenters. The zero-order chi connectivity index (χ0) is 14.6. The molecule has 0 aliphatic rings. The van der Waals surface area contributed by atoms with Crippen LogP contribution in [-0.4, -0.2) is 6.04 Å². The maximum absolute atomic E-state index is 6.01. The van der Waals surface area contributed by atoms with Crippen LogP contribution in [0, 0.1) is 0 Å². The highest BCUT2D eigenvalue weighted by molar-refractivity contribution is 6.30. The van der Waals surface area contributed by atoms with Crippen molar-refractivity contribution < 1.29 is 0 Å². The van der Waals surface area contributed by atoms with Crippen LogP contribution in [0.2, 0.25) is 5.02 Å². The molecule has 0 saturated heterocycles. The van der Waals surface area contributed by atoms with Crippen LogP contribution in [0.1, 0.15) is 63.9 Å². The normalized spacial score (nSPS) is 12.6. The van der Waals surface area contributed by atoms with E-state index in [9.17, 15) is 0 Å². The SMILES string of the molecule is CCCCCCCCCC(Cc1cccc(Cl)c1)NN. The molecule has 114 valence electrons. The number of rotatable bonds is 11. The van der Waals surface area contributed by atoms with Crippen LogP contribution in [0.5, 0.6) is 0 Å². The molecule has 1 unspecified atom stereocenters. The van der Waals surface area contributed by atoms with Gasteiger partial charge < -0.3 is 0 Å². The van der Waals surface area contributed by atoms with Gasteiger partial charge in [0.1, 0.15) is 0 Å². The van der Waals surface area contributed by atoms with Gasteiger partial charge in [0.2, 0.25) is 0 Å². The Labute approximate surface area is 129 Å². The lowest BCUT2D eigenvalue weighted by Crippen LogP contribution is -2.36. The lowest BCUT2D eigenvalue weighted by molar-refractivity contribution is 0.458. The molecule has 0 aliphatic carbocycles. The molecule has 0 bridgehead atoms. The smallest absolute Gasteiger partial charge is 0.0408 e. The Hall–Kier alpha value is -0.570. The quantitative estimate of drug-likeness (QED) is 0.348. The standard InChI is InChI=1S/C17H29ClN2/c1-2-3-4-5-6-7-8-12-17(20-19)14-15-10-9-11-16(18)13-15/h9-11,13,17,20H,2-8,12,14,19H2,1H3. The van der Waals surface area contributed by atoms with E-state index in [1.54, 1.807) is 0 Å². The van der Waals surface area contributed by atoms with Crippen molar-refractivity contribution in [1.82, 2.24) is 5.43 Å². The predicted octanol–water partition coefficient (Wildman–Crippen LogP) is 4.86. The largest absolute Gasteiger partial charge is 0.271 e. The summed E-state index contributed by atoms with van der Waals surface area (Å²) in [5.74, 6) is 5.66. The summed E-state index contributed by atoms with van der Waals surface area (Å²) in [6.07, 6.45) is 11.5. The van der Waals surface area contributed by atoms with E-state index < -0.39 is 0 Å². The minimum Gasteiger partial charge on any atom is -0.271 e. The Morgan fingerprint density at radius 3 is 2.45 bits per heavy atom. The fourth-order valence-corrected chi connectivity index (χ4v) is 2.75. The lowest BCUT2D eigenvalue weighted by Gasteiger charge is -2.16. The predicted molar refractivity (Wildman–Crippen MR) is 88.9 cm³/mol. The van der Waals surface area contributed by atoms with Gasteiger partial charge in [-0.25, -0.2) is 0 Å². The summed E-state index contributed by atoms with van der Waals surface area (Å²) >= 11 is 6.01. The second kappa shape index (κ2) is 11.1. The third-order valence-electron chi connectivity index (χ3n) is 3.76. The minimum absolute atomic E-state index is 0.351. The molecule has 1 rings (SSSR count). The van der Waals surface area contributed by atoms with Crippen molar-refractivity contribution in [2.24, 2.45) is 5.84 Å². The van der Waals surface area contributed by atoms with E-state index in [0.717, 1.165) is 17.9 Å². The second-order valence-electron chi connectivity index (χ2n) is 5.61. The first-order valence-corrected chi connectivity index (χ1v) is 8.34. The van der Waals surface area contributed by atoms with Crippen LogP contribution in [-0.2, 0) is 6.42 Å². The van der Waals surface area contributed by atoms with Crippen LogP contribution in [0.4, 0.5) is 0 Å². The maximum Gasteiger partial charge on any atom is 0.0408 e. The third-order valence-corrected chi connectivity index (χ3v) is 4.00. The van der Waals surface area contributed by atoms with Crippen molar-refractivity contribution in [3.63, 3.8) is 0 Å². The molecule has 3 N–H and O–H groups in total.